The first kappa shape index (κ1) is 12.7. The van der Waals surface area contributed by atoms with Crippen LogP contribution in [0.2, 0.25) is 0 Å². The topological polar surface area (TPSA) is 51.0 Å². The largest absolute Gasteiger partial charge is 0.361 e. The molecule has 0 spiro atoms. The van der Waals surface area contributed by atoms with Crippen LogP contribution in [0.3, 0.4) is 0 Å². The van der Waals surface area contributed by atoms with Crippen LogP contribution >= 0.6 is 0 Å². The van der Waals surface area contributed by atoms with E-state index in [-0.39, 0.29) is 11.9 Å². The molecule has 2 aromatic heterocycles. The number of aromatic nitrogens is 2. The summed E-state index contributed by atoms with van der Waals surface area (Å²) in [5.74, 6) is 0.490. The second-order valence-corrected chi connectivity index (χ2v) is 4.35. The Bertz CT molecular complexity index is 519. The third-order valence-corrected chi connectivity index (χ3v) is 2.90. The van der Waals surface area contributed by atoms with Crippen molar-refractivity contribution in [3.63, 3.8) is 0 Å². The number of nitrogens with zero attached hydrogens (tertiary/aromatic N) is 2. The molecule has 5 heteroatoms. The molecule has 2 aromatic rings. The standard InChI is InChI=1S/C13H16FN3O/c1-8(13-9(2)17-18-10(13)3)16-6-11-4-12(14)7-15-5-11/h4-5,7-8,16H,6H2,1-3H3. The van der Waals surface area contributed by atoms with Gasteiger partial charge in [-0.2, -0.15) is 0 Å². The van der Waals surface area contributed by atoms with Crippen molar-refractivity contribution in [2.75, 3.05) is 0 Å². The Kier molecular flexibility index (Phi) is 3.72. The number of hydrogen-bond donors (Lipinski definition) is 1. The Balaban J connectivity index is 2.03. The van der Waals surface area contributed by atoms with E-state index in [4.69, 9.17) is 4.52 Å². The van der Waals surface area contributed by atoms with Gasteiger partial charge in [0.1, 0.15) is 11.6 Å². The summed E-state index contributed by atoms with van der Waals surface area (Å²) in [4.78, 5) is 3.81. The van der Waals surface area contributed by atoms with Crippen molar-refractivity contribution < 1.29 is 8.91 Å². The lowest BCUT2D eigenvalue weighted by molar-refractivity contribution is 0.390. The molecule has 18 heavy (non-hydrogen) atoms. The minimum absolute atomic E-state index is 0.0968. The normalized spacial score (nSPS) is 12.7. The first-order valence-corrected chi connectivity index (χ1v) is 5.83. The molecule has 0 saturated carbocycles. The molecule has 0 saturated heterocycles. The Morgan fingerprint density at radius 1 is 1.39 bits per heavy atom. The van der Waals surface area contributed by atoms with Crippen LogP contribution in [-0.4, -0.2) is 10.1 Å². The average Bonchev–Trinajstić information content (AvgIpc) is 2.66. The summed E-state index contributed by atoms with van der Waals surface area (Å²) >= 11 is 0. The van der Waals surface area contributed by atoms with Crippen molar-refractivity contribution in [3.8, 4) is 0 Å². The van der Waals surface area contributed by atoms with E-state index in [0.717, 1.165) is 22.6 Å². The quantitative estimate of drug-likeness (QED) is 0.905. The minimum atomic E-state index is -0.320. The van der Waals surface area contributed by atoms with Crippen LogP contribution < -0.4 is 5.32 Å². The van der Waals surface area contributed by atoms with Crippen LogP contribution in [0.5, 0.6) is 0 Å². The van der Waals surface area contributed by atoms with E-state index in [1.54, 1.807) is 6.20 Å². The zero-order valence-corrected chi connectivity index (χ0v) is 10.7. The van der Waals surface area contributed by atoms with Gasteiger partial charge in [0.2, 0.25) is 0 Å². The van der Waals surface area contributed by atoms with Crippen LogP contribution in [0.25, 0.3) is 0 Å². The van der Waals surface area contributed by atoms with E-state index in [9.17, 15) is 4.39 Å². The predicted octanol–water partition coefficient (Wildman–Crippen LogP) is 2.68. The van der Waals surface area contributed by atoms with E-state index in [2.05, 4.69) is 15.5 Å². The van der Waals surface area contributed by atoms with Crippen LogP contribution in [0, 0.1) is 19.7 Å². The maximum absolute atomic E-state index is 13.0. The van der Waals surface area contributed by atoms with Crippen molar-refractivity contribution in [3.05, 3.63) is 46.9 Å². The molecule has 2 heterocycles. The Morgan fingerprint density at radius 2 is 2.17 bits per heavy atom. The molecular formula is C13H16FN3O. The monoisotopic (exact) mass is 249 g/mol. The molecule has 1 N–H and O–H groups in total. The molecule has 0 radical (unpaired) electrons. The lowest BCUT2D eigenvalue weighted by atomic mass is 10.1. The molecule has 4 nitrogen and oxygen atoms in total. The average molecular weight is 249 g/mol. The molecule has 1 unspecified atom stereocenters. The molecule has 0 aromatic carbocycles. The number of halogens is 1. The van der Waals surface area contributed by atoms with E-state index in [0.29, 0.717) is 6.54 Å². The van der Waals surface area contributed by atoms with Crippen LogP contribution in [0.15, 0.2) is 23.0 Å². The second-order valence-electron chi connectivity index (χ2n) is 4.35. The molecule has 0 amide bonds. The number of aryl methyl sites for hydroxylation is 2. The number of pyridine rings is 1. The maximum Gasteiger partial charge on any atom is 0.141 e. The first-order chi connectivity index (χ1) is 8.58. The molecule has 2 rings (SSSR count). The molecule has 96 valence electrons. The lowest BCUT2D eigenvalue weighted by Crippen LogP contribution is -2.19. The van der Waals surface area contributed by atoms with Gasteiger partial charge in [0.15, 0.2) is 0 Å². The van der Waals surface area contributed by atoms with Gasteiger partial charge in [-0.05, 0) is 32.4 Å². The highest BCUT2D eigenvalue weighted by atomic mass is 19.1. The fourth-order valence-electron chi connectivity index (χ4n) is 2.03. The number of rotatable bonds is 4. The summed E-state index contributed by atoms with van der Waals surface area (Å²) in [6, 6.07) is 1.57. The van der Waals surface area contributed by atoms with E-state index < -0.39 is 0 Å². The van der Waals surface area contributed by atoms with Gasteiger partial charge >= 0.3 is 0 Å². The first-order valence-electron chi connectivity index (χ1n) is 5.83. The van der Waals surface area contributed by atoms with Crippen molar-refractivity contribution in [1.29, 1.82) is 0 Å². The van der Waals surface area contributed by atoms with E-state index in [1.165, 1.54) is 12.3 Å². The Morgan fingerprint density at radius 3 is 2.78 bits per heavy atom. The molecule has 0 aliphatic heterocycles. The van der Waals surface area contributed by atoms with Crippen molar-refractivity contribution in [2.24, 2.45) is 0 Å². The molecule has 1 atom stereocenters. The van der Waals surface area contributed by atoms with Gasteiger partial charge < -0.3 is 9.84 Å². The molecule has 0 aliphatic rings. The van der Waals surface area contributed by atoms with Gasteiger partial charge in [-0.25, -0.2) is 4.39 Å². The highest BCUT2D eigenvalue weighted by molar-refractivity contribution is 5.24. The molecular weight excluding hydrogens is 233 g/mol. The summed E-state index contributed by atoms with van der Waals surface area (Å²) in [5, 5.41) is 7.22. The summed E-state index contributed by atoms with van der Waals surface area (Å²) in [5.41, 5.74) is 2.75. The van der Waals surface area contributed by atoms with Crippen molar-refractivity contribution in [2.45, 2.75) is 33.4 Å². The fourth-order valence-corrected chi connectivity index (χ4v) is 2.03. The molecule has 0 fully saturated rings. The minimum Gasteiger partial charge on any atom is -0.361 e. The Labute approximate surface area is 105 Å². The van der Waals surface area contributed by atoms with Gasteiger partial charge in [-0.3, -0.25) is 4.98 Å². The third-order valence-electron chi connectivity index (χ3n) is 2.90. The summed E-state index contributed by atoms with van der Waals surface area (Å²) in [7, 11) is 0. The lowest BCUT2D eigenvalue weighted by Gasteiger charge is -2.13. The fraction of sp³-hybridized carbons (Fsp3) is 0.385. The zero-order chi connectivity index (χ0) is 13.1. The van der Waals surface area contributed by atoms with Gasteiger partial charge in [0.05, 0.1) is 11.9 Å². The molecule has 0 bridgehead atoms. The maximum atomic E-state index is 13.0. The van der Waals surface area contributed by atoms with E-state index >= 15 is 0 Å². The molecule has 0 aliphatic carbocycles. The van der Waals surface area contributed by atoms with Crippen LogP contribution in [-0.2, 0) is 6.54 Å². The smallest absolute Gasteiger partial charge is 0.141 e. The number of nitrogens with one attached hydrogen (secondary N) is 1. The van der Waals surface area contributed by atoms with E-state index in [1.807, 2.05) is 20.8 Å². The van der Waals surface area contributed by atoms with Crippen LogP contribution in [0.1, 0.15) is 35.5 Å². The summed E-state index contributed by atoms with van der Waals surface area (Å²) < 4.78 is 18.1. The SMILES string of the molecule is Cc1noc(C)c1C(C)NCc1cncc(F)c1. The second kappa shape index (κ2) is 5.27. The number of hydrogen-bond acceptors (Lipinski definition) is 4. The predicted molar refractivity (Wildman–Crippen MR) is 65.4 cm³/mol. The Hall–Kier alpha value is -1.75. The highest BCUT2D eigenvalue weighted by Gasteiger charge is 2.15. The van der Waals surface area contributed by atoms with Gasteiger partial charge in [-0.1, -0.05) is 5.16 Å². The van der Waals surface area contributed by atoms with Gasteiger partial charge in [-0.15, -0.1) is 0 Å². The van der Waals surface area contributed by atoms with Gasteiger partial charge in [0, 0.05) is 24.3 Å². The summed E-state index contributed by atoms with van der Waals surface area (Å²) in [6.07, 6.45) is 2.84. The third kappa shape index (κ3) is 2.73. The van der Waals surface area contributed by atoms with Crippen LogP contribution in [0.4, 0.5) is 4.39 Å². The summed E-state index contributed by atoms with van der Waals surface area (Å²) in [6.45, 7) is 6.38. The zero-order valence-electron chi connectivity index (χ0n) is 10.7. The van der Waals surface area contributed by atoms with Gasteiger partial charge in [0.25, 0.3) is 0 Å². The highest BCUT2D eigenvalue weighted by Crippen LogP contribution is 2.21. The van der Waals surface area contributed by atoms with Crippen molar-refractivity contribution in [1.82, 2.24) is 15.5 Å². The van der Waals surface area contributed by atoms with Crippen molar-refractivity contribution >= 4 is 0 Å².